The van der Waals surface area contributed by atoms with Crippen LogP contribution in [0.2, 0.25) is 0 Å². The third-order valence-electron chi connectivity index (χ3n) is 22.5. The van der Waals surface area contributed by atoms with Gasteiger partial charge in [0.1, 0.15) is 66.3 Å². The van der Waals surface area contributed by atoms with E-state index in [-0.39, 0.29) is 82.2 Å². The summed E-state index contributed by atoms with van der Waals surface area (Å²) in [6.07, 6.45) is 3.25. The summed E-state index contributed by atoms with van der Waals surface area (Å²) in [5, 5.41) is 28.3. The Morgan fingerprint density at radius 1 is 0.814 bits per heavy atom. The minimum Gasteiger partial charge on any atom is -0.463 e. The lowest BCUT2D eigenvalue weighted by Gasteiger charge is -2.30. The van der Waals surface area contributed by atoms with Crippen molar-refractivity contribution >= 4 is 98.4 Å². The Bertz CT molecular complexity index is 5090. The Morgan fingerprint density at radius 3 is 2.12 bits per heavy atom. The molecule has 9 N–H and O–H groups in total. The number of aliphatic hydroxyl groups excluding tert-OH is 1. The Morgan fingerprint density at radius 2 is 1.50 bits per heavy atom. The average molecular weight is 1850 g/mol. The molecule has 9 amide bonds. The summed E-state index contributed by atoms with van der Waals surface area (Å²) in [5.41, 5.74) is 5.36. The lowest BCUT2D eigenvalue weighted by molar-refractivity contribution is -0.165. The first kappa shape index (κ1) is 100. The van der Waals surface area contributed by atoms with Gasteiger partial charge in [0.15, 0.2) is 18.0 Å². The number of fused-ring (bicyclic) bond motifs is 3. The molecule has 34 nitrogen and oxygen atoms in total. The van der Waals surface area contributed by atoms with Crippen molar-refractivity contribution in [2.24, 2.45) is 23.7 Å². The van der Waals surface area contributed by atoms with Crippen LogP contribution in [0.3, 0.4) is 0 Å². The van der Waals surface area contributed by atoms with Gasteiger partial charge in [0.25, 0.3) is 5.91 Å². The molecule has 12 rings (SSSR count). The van der Waals surface area contributed by atoms with Crippen LogP contribution >= 0.6 is 22.7 Å². The van der Waals surface area contributed by atoms with Crippen molar-refractivity contribution in [3.63, 3.8) is 0 Å². The molecule has 3 aromatic carbocycles. The van der Waals surface area contributed by atoms with Gasteiger partial charge < -0.3 is 75.6 Å². The van der Waals surface area contributed by atoms with Crippen LogP contribution < -0.4 is 42.7 Å². The second-order valence-electron chi connectivity index (χ2n) is 35.8. The number of thiazole rings is 2. The summed E-state index contributed by atoms with van der Waals surface area (Å²) in [4.78, 5) is 161. The largest absolute Gasteiger partial charge is 0.463 e. The van der Waals surface area contributed by atoms with E-state index in [1.807, 2.05) is 92.0 Å². The summed E-state index contributed by atoms with van der Waals surface area (Å²) >= 11 is 2.95. The van der Waals surface area contributed by atoms with E-state index < -0.39 is 170 Å². The van der Waals surface area contributed by atoms with E-state index in [1.165, 1.54) is 44.4 Å². The molecule has 6 aliphatic rings. The fraction of sp³-hybridized carbons (Fsp3) is 0.556. The first-order valence-electron chi connectivity index (χ1n) is 43.4. The normalized spacial score (nSPS) is 22.7. The highest BCUT2D eigenvalue weighted by molar-refractivity contribution is 7.91. The first-order valence-corrected chi connectivity index (χ1v) is 46.8. The number of hydrogen-bond acceptors (Lipinski definition) is 26. The third kappa shape index (κ3) is 28.0. The first-order chi connectivity index (χ1) is 61.0. The SMILES string of the molecule is CC(C)(C)OC(=O)N[C@H]1CCCCC/C=C\[C@@H]2C[C@@]2(C(=O)NS(=O)(=O)C2CC2)NC(=O)[C@@H]2C[C@@H](OC(=O)N3Cc4cccc(F)c4C3)CN2C1=O.CC(C)C(=O)OC[C@H]1O[C@@H](n2ccc(N)nc2=O)[C@](C)(F)[C@@H]1OC(=O)C(C)C.CC(C)c1nc(CN(C)C(=O)N[C@H](C(=O)N[C@@H](Cc2ccccc2)C[C@H](O)[C@H](Cc2ccccc2)NC(=O)OCc2cncs2)C(C)C)cs1. The zero-order valence-electron chi connectivity index (χ0n) is 74.9. The van der Waals surface area contributed by atoms with Gasteiger partial charge in [0, 0.05) is 61.2 Å². The Hall–Kier alpha value is -11.0. The number of alkyl halides is 1. The van der Waals surface area contributed by atoms with Gasteiger partial charge in [-0.2, -0.15) is 4.98 Å². The number of nitrogens with one attached hydrogen (secondary N) is 6. The molecule has 0 spiro atoms. The van der Waals surface area contributed by atoms with Crippen LogP contribution in [-0.2, 0) is 106 Å². The molecular weight excluding hydrogens is 1730 g/mol. The highest BCUT2D eigenvalue weighted by Crippen LogP contribution is 2.47. The van der Waals surface area contributed by atoms with Gasteiger partial charge in [-0.1, -0.05) is 153 Å². The van der Waals surface area contributed by atoms with Crippen molar-refractivity contribution in [1.82, 2.24) is 65.5 Å². The number of esters is 2. The summed E-state index contributed by atoms with van der Waals surface area (Å²) in [6.45, 7) is 20.6. The van der Waals surface area contributed by atoms with Crippen LogP contribution in [0.4, 0.5) is 33.8 Å². The minimum atomic E-state index is -3.92. The topological polar surface area (TPSA) is 449 Å². The van der Waals surface area contributed by atoms with Crippen molar-refractivity contribution in [1.29, 1.82) is 0 Å². The number of urea groups is 1. The average Bonchev–Trinajstić information content (AvgIpc) is 1.57. The maximum Gasteiger partial charge on any atom is 0.410 e. The van der Waals surface area contributed by atoms with Crippen LogP contribution in [0, 0.1) is 29.5 Å². The molecule has 3 aromatic heterocycles. The quantitative estimate of drug-likeness (QED) is 0.0128. The highest BCUT2D eigenvalue weighted by Gasteiger charge is 2.63. The molecule has 0 bridgehead atoms. The maximum absolute atomic E-state index is 15.7. The molecule has 2 aliphatic carbocycles. The van der Waals surface area contributed by atoms with Crippen LogP contribution in [0.15, 0.2) is 125 Å². The van der Waals surface area contributed by atoms with Gasteiger partial charge in [-0.15, -0.1) is 22.7 Å². The van der Waals surface area contributed by atoms with E-state index >= 15 is 4.39 Å². The van der Waals surface area contributed by atoms with E-state index in [0.717, 1.165) is 51.0 Å². The van der Waals surface area contributed by atoms with Gasteiger partial charge in [0.2, 0.25) is 27.7 Å². The van der Waals surface area contributed by atoms with Crippen LogP contribution in [0.1, 0.15) is 197 Å². The van der Waals surface area contributed by atoms with Crippen LogP contribution in [0.25, 0.3) is 0 Å². The monoisotopic (exact) mass is 1850 g/mol. The Labute approximate surface area is 757 Å². The number of anilines is 1. The van der Waals surface area contributed by atoms with E-state index in [1.54, 1.807) is 90.7 Å². The van der Waals surface area contributed by atoms with Crippen molar-refractivity contribution in [3.05, 3.63) is 174 Å². The number of amides is 9. The van der Waals surface area contributed by atoms with Crippen molar-refractivity contribution in [2.45, 2.75) is 275 Å². The molecule has 0 radical (unpaired) electrons. The Kier molecular flexibility index (Phi) is 34.6. The van der Waals surface area contributed by atoms with E-state index in [9.17, 15) is 70.7 Å². The van der Waals surface area contributed by atoms with Gasteiger partial charge in [0.05, 0.1) is 70.0 Å². The molecule has 39 heteroatoms. The second-order valence-corrected chi connectivity index (χ2v) is 39.6. The molecule has 702 valence electrons. The number of nitrogen functional groups attached to an aromatic ring is 1. The van der Waals surface area contributed by atoms with E-state index in [2.05, 4.69) is 60.1 Å². The molecule has 4 fully saturated rings. The number of nitrogens with two attached hydrogens (primary N) is 1. The summed E-state index contributed by atoms with van der Waals surface area (Å²) < 4.78 is 91.4. The molecule has 6 aromatic rings. The number of carbonyl (C=O) groups excluding carboxylic acids is 10. The number of nitrogens with zero attached hydrogens (tertiary/aromatic N) is 7. The van der Waals surface area contributed by atoms with Gasteiger partial charge >= 0.3 is 41.9 Å². The molecule has 0 unspecified atom stereocenters. The number of benzene rings is 3. The summed E-state index contributed by atoms with van der Waals surface area (Å²) in [6, 6.07) is 20.4. The predicted octanol–water partition coefficient (Wildman–Crippen LogP) is 10.3. The standard InChI is InChI=1S/C37H48N6O5S2.C35H46FN5O9S.C18H26FN3O6/c1-24(2)33(42-36(46)43(5)20-29-22-49-35(40-29)25(3)4)34(45)39-28(16-26-12-8-6-9-13-26)18-32(44)31(17-27-14-10-7-11-15-27)41-37(47)48-21-30-19-38-23-50-30;1-34(2,3)50-32(45)37-27-13-8-6-4-5-7-11-22-17-35(22,31(44)39-51(47,48)24-14-15-24)38-29(42)28-16-23(19-41(28)30(27)43)49-33(46)40-18-21-10-9-12-26(36)25(21)20-40;1-9(2)14(23)26-8-11-13(28-15(24)10(3)4)18(5,19)16(27-11)22-7-6-12(20)21-17(22)25/h6-15,19,22-25,28,31-33,44H,16-18,20-21H2,1-5H3,(H,39,45)(H,41,47)(H,42,46);7,9-12,22-24,27-28H,4-6,8,13-20H2,1-3H3,(H,37,45)(H,38,42)(H,39,44);6-7,9-11,13,16H,8H2,1-5H3,(H2,20,21,25)/b;11-7-;/t28-,31-,32-,33-;22-,23-,27+,28+,35-;11-,13-,16-,18-/m011/s1. The minimum absolute atomic E-state index is 0.00168. The zero-order chi connectivity index (χ0) is 94.0. The van der Waals surface area contributed by atoms with Crippen molar-refractivity contribution in [3.8, 4) is 0 Å². The number of sulfonamides is 1. The second kappa shape index (κ2) is 44.5. The number of halogens is 2. The zero-order valence-corrected chi connectivity index (χ0v) is 77.4. The van der Waals surface area contributed by atoms with Crippen molar-refractivity contribution in [2.75, 3.05) is 25.9 Å². The van der Waals surface area contributed by atoms with Crippen molar-refractivity contribution < 1.29 is 98.7 Å². The molecule has 7 heterocycles. The molecule has 2 saturated carbocycles. The number of alkyl carbamates (subject to hydrolysis) is 2. The number of aromatic nitrogens is 4. The number of aliphatic hydroxyl groups is 1. The number of carbonyl (C=O) groups is 10. The van der Waals surface area contributed by atoms with E-state index in [0.29, 0.717) is 62.1 Å². The summed E-state index contributed by atoms with van der Waals surface area (Å²) in [5.74, 6) is -5.41. The maximum atomic E-state index is 15.7. The molecular formula is C90H120F2N14O20S3. The molecule has 4 aliphatic heterocycles. The number of rotatable bonds is 28. The van der Waals surface area contributed by atoms with Gasteiger partial charge in [-0.3, -0.25) is 47.9 Å². The molecule has 129 heavy (non-hydrogen) atoms. The lowest BCUT2D eigenvalue weighted by Crippen LogP contribution is -2.58. The Balaban J connectivity index is 0.000000210. The smallest absolute Gasteiger partial charge is 0.410 e. The number of ether oxygens (including phenoxy) is 6. The fourth-order valence-corrected chi connectivity index (χ4v) is 17.8. The fourth-order valence-electron chi connectivity index (χ4n) is 15.1. The molecule has 13 atom stereocenters. The van der Waals surface area contributed by atoms with Gasteiger partial charge in [-0.05, 0) is 120 Å². The molecule has 2 saturated heterocycles. The lowest BCUT2D eigenvalue weighted by atomic mass is 9.93. The van der Waals surface area contributed by atoms with Gasteiger partial charge in [-0.25, -0.2) is 46.2 Å². The summed E-state index contributed by atoms with van der Waals surface area (Å²) in [7, 11) is -2.24. The predicted molar refractivity (Wildman–Crippen MR) is 474 cm³/mol. The number of hydrogen-bond donors (Lipinski definition) is 8. The van der Waals surface area contributed by atoms with Crippen LogP contribution in [0.5, 0.6) is 0 Å². The van der Waals surface area contributed by atoms with E-state index in [4.69, 9.17) is 34.2 Å². The van der Waals surface area contributed by atoms with Crippen LogP contribution in [-0.4, -0.2) is 205 Å². The third-order valence-corrected chi connectivity index (χ3v) is 26.2. The number of allylic oxidation sites excluding steroid dienone is 1. The highest BCUT2D eigenvalue weighted by atomic mass is 32.2.